The van der Waals surface area contributed by atoms with Crippen LogP contribution in [0.3, 0.4) is 0 Å². The number of carbonyl (C=O) groups is 1. The number of nitro groups is 1. The molecule has 0 aliphatic rings. The van der Waals surface area contributed by atoms with Gasteiger partial charge in [0.2, 0.25) is 6.41 Å². The van der Waals surface area contributed by atoms with E-state index in [2.05, 4.69) is 20.7 Å². The molecule has 1 aromatic rings. The second kappa shape index (κ2) is 5.21. The van der Waals surface area contributed by atoms with E-state index in [1.807, 2.05) is 5.32 Å². The fraction of sp³-hybridized carbons (Fsp3) is 0.125. The number of alkyl halides is 3. The number of nitro benzene ring substituents is 1. The van der Waals surface area contributed by atoms with Crippen molar-refractivity contribution in [3.63, 3.8) is 0 Å². The summed E-state index contributed by atoms with van der Waals surface area (Å²) in [5.41, 5.74) is -0.986. The van der Waals surface area contributed by atoms with Crippen LogP contribution >= 0.6 is 15.9 Å². The molecule has 0 unspecified atom stereocenters. The van der Waals surface area contributed by atoms with Gasteiger partial charge in [-0.1, -0.05) is 0 Å². The molecule has 0 aliphatic heterocycles. The Morgan fingerprint density at radius 1 is 1.44 bits per heavy atom. The van der Waals surface area contributed by atoms with Gasteiger partial charge in [0.15, 0.2) is 0 Å². The van der Waals surface area contributed by atoms with Gasteiger partial charge in [-0.15, -0.1) is 13.2 Å². The first-order valence-electron chi connectivity index (χ1n) is 4.18. The van der Waals surface area contributed by atoms with Crippen molar-refractivity contribution in [3.05, 3.63) is 26.7 Å². The maximum absolute atomic E-state index is 12.0. The van der Waals surface area contributed by atoms with Crippen molar-refractivity contribution < 1.29 is 27.6 Å². The second-order valence-electron chi connectivity index (χ2n) is 2.87. The summed E-state index contributed by atoms with van der Waals surface area (Å²) in [7, 11) is 0. The largest absolute Gasteiger partial charge is 0.573 e. The Labute approximate surface area is 106 Å². The summed E-state index contributed by atoms with van der Waals surface area (Å²) >= 11 is 2.80. The smallest absolute Gasteiger partial charge is 0.405 e. The van der Waals surface area contributed by atoms with Crippen molar-refractivity contribution in [2.75, 3.05) is 5.32 Å². The van der Waals surface area contributed by atoms with Crippen molar-refractivity contribution in [1.82, 2.24) is 0 Å². The van der Waals surface area contributed by atoms with E-state index in [0.29, 0.717) is 6.07 Å². The molecule has 18 heavy (non-hydrogen) atoms. The Morgan fingerprint density at radius 2 is 2.06 bits per heavy atom. The summed E-state index contributed by atoms with van der Waals surface area (Å²) in [5, 5.41) is 12.7. The molecule has 0 aromatic heterocycles. The van der Waals surface area contributed by atoms with Crippen LogP contribution in [0.25, 0.3) is 0 Å². The predicted octanol–water partition coefficient (Wildman–Crippen LogP) is 2.82. The molecule has 6 nitrogen and oxygen atoms in total. The molecule has 1 N–H and O–H groups in total. The van der Waals surface area contributed by atoms with Crippen LogP contribution < -0.4 is 10.1 Å². The Balaban J connectivity index is 3.27. The zero-order chi connectivity index (χ0) is 13.9. The normalized spacial score (nSPS) is 10.9. The molecule has 10 heteroatoms. The fourth-order valence-corrected chi connectivity index (χ4v) is 1.65. The van der Waals surface area contributed by atoms with Gasteiger partial charge >= 0.3 is 6.36 Å². The number of benzene rings is 1. The van der Waals surface area contributed by atoms with E-state index in [1.54, 1.807) is 0 Å². The zero-order valence-electron chi connectivity index (χ0n) is 8.32. The van der Waals surface area contributed by atoms with Gasteiger partial charge in [0.05, 0.1) is 15.5 Å². The second-order valence-corrected chi connectivity index (χ2v) is 3.72. The van der Waals surface area contributed by atoms with Crippen molar-refractivity contribution in [3.8, 4) is 5.75 Å². The minimum atomic E-state index is -4.97. The van der Waals surface area contributed by atoms with E-state index in [9.17, 15) is 28.1 Å². The highest BCUT2D eigenvalue weighted by Gasteiger charge is 2.32. The molecule has 0 fully saturated rings. The van der Waals surface area contributed by atoms with Crippen LogP contribution in [0.1, 0.15) is 0 Å². The third-order valence-corrected chi connectivity index (χ3v) is 2.30. The van der Waals surface area contributed by atoms with E-state index in [0.717, 1.165) is 6.07 Å². The highest BCUT2D eigenvalue weighted by Crippen LogP contribution is 2.38. The Kier molecular flexibility index (Phi) is 4.11. The van der Waals surface area contributed by atoms with Gasteiger partial charge in [0.25, 0.3) is 5.69 Å². The molecule has 0 aliphatic carbocycles. The lowest BCUT2D eigenvalue weighted by Crippen LogP contribution is -2.17. The maximum Gasteiger partial charge on any atom is 0.573 e. The molecule has 0 saturated heterocycles. The lowest BCUT2D eigenvalue weighted by molar-refractivity contribution is -0.384. The Bertz CT molecular complexity index is 492. The molecule has 0 atom stereocenters. The first-order valence-corrected chi connectivity index (χ1v) is 4.98. The fourth-order valence-electron chi connectivity index (χ4n) is 1.11. The molecule has 1 rings (SSSR count). The van der Waals surface area contributed by atoms with Gasteiger partial charge in [-0.25, -0.2) is 0 Å². The SMILES string of the molecule is O=CNc1c(Br)cc(OC(F)(F)F)cc1[N+](=O)[O-]. The number of rotatable bonds is 4. The number of halogens is 4. The number of nitrogens with zero attached hydrogens (tertiary/aromatic N) is 1. The molecule has 0 radical (unpaired) electrons. The predicted molar refractivity (Wildman–Crippen MR) is 57.2 cm³/mol. The first kappa shape index (κ1) is 14.2. The van der Waals surface area contributed by atoms with Gasteiger partial charge in [-0.05, 0) is 22.0 Å². The standard InChI is InChI=1S/C8H4BrF3N2O4/c9-5-1-4(18-8(10,11)12)2-6(14(16)17)7(5)13-3-15/h1-3H,(H,13,15). The lowest BCUT2D eigenvalue weighted by Gasteiger charge is -2.11. The van der Waals surface area contributed by atoms with Crippen LogP contribution in [0.4, 0.5) is 24.5 Å². The summed E-state index contributed by atoms with van der Waals surface area (Å²) in [5.74, 6) is -0.766. The monoisotopic (exact) mass is 328 g/mol. The van der Waals surface area contributed by atoms with E-state index in [-0.39, 0.29) is 16.6 Å². The van der Waals surface area contributed by atoms with E-state index < -0.39 is 22.7 Å². The summed E-state index contributed by atoms with van der Waals surface area (Å²) in [6, 6.07) is 1.41. The molecule has 1 aromatic carbocycles. The number of anilines is 1. The number of hydrogen-bond donors (Lipinski definition) is 1. The minimum Gasteiger partial charge on any atom is -0.405 e. The molecular formula is C8H4BrF3N2O4. The quantitative estimate of drug-likeness (QED) is 0.523. The van der Waals surface area contributed by atoms with Crippen molar-refractivity contribution in [1.29, 1.82) is 0 Å². The van der Waals surface area contributed by atoms with E-state index >= 15 is 0 Å². The highest BCUT2D eigenvalue weighted by atomic mass is 79.9. The number of hydrogen-bond acceptors (Lipinski definition) is 4. The zero-order valence-corrected chi connectivity index (χ0v) is 9.91. The Hall–Kier alpha value is -1.84. The van der Waals surface area contributed by atoms with Crippen LogP contribution in [-0.2, 0) is 4.79 Å². The van der Waals surface area contributed by atoms with Gasteiger partial charge < -0.3 is 10.1 Å². The maximum atomic E-state index is 12.0. The topological polar surface area (TPSA) is 81.5 Å². The lowest BCUT2D eigenvalue weighted by atomic mass is 10.2. The number of nitrogens with one attached hydrogen (secondary N) is 1. The summed E-state index contributed by atoms with van der Waals surface area (Å²) in [6.45, 7) is 0. The summed E-state index contributed by atoms with van der Waals surface area (Å²) < 4.78 is 39.4. The van der Waals surface area contributed by atoms with Crippen molar-refractivity contribution in [2.45, 2.75) is 6.36 Å². The number of ether oxygens (including phenoxy) is 1. The van der Waals surface area contributed by atoms with E-state index in [4.69, 9.17) is 0 Å². The average molecular weight is 329 g/mol. The van der Waals surface area contributed by atoms with Crippen molar-refractivity contribution >= 4 is 33.7 Å². The van der Waals surface area contributed by atoms with Gasteiger partial charge in [0, 0.05) is 0 Å². The molecule has 0 saturated carbocycles. The van der Waals surface area contributed by atoms with Crippen LogP contribution in [-0.4, -0.2) is 17.7 Å². The first-order chi connectivity index (χ1) is 8.24. The molecule has 98 valence electrons. The van der Waals surface area contributed by atoms with Crippen molar-refractivity contribution in [2.24, 2.45) is 0 Å². The molecule has 0 spiro atoms. The average Bonchev–Trinajstić information content (AvgIpc) is 2.19. The number of carbonyl (C=O) groups excluding carboxylic acids is 1. The molecule has 1 amide bonds. The van der Waals surface area contributed by atoms with Gasteiger partial charge in [-0.3, -0.25) is 14.9 Å². The molecule has 0 bridgehead atoms. The third-order valence-electron chi connectivity index (χ3n) is 1.68. The van der Waals surface area contributed by atoms with E-state index in [1.165, 1.54) is 0 Å². The van der Waals surface area contributed by atoms with Crippen LogP contribution in [0.2, 0.25) is 0 Å². The summed E-state index contributed by atoms with van der Waals surface area (Å²) in [6.07, 6.45) is -4.80. The Morgan fingerprint density at radius 3 is 2.50 bits per heavy atom. The molecular weight excluding hydrogens is 325 g/mol. The highest BCUT2D eigenvalue weighted by molar-refractivity contribution is 9.10. The summed E-state index contributed by atoms with van der Waals surface area (Å²) in [4.78, 5) is 20.0. The van der Waals surface area contributed by atoms with Crippen LogP contribution in [0, 0.1) is 10.1 Å². The van der Waals surface area contributed by atoms with Gasteiger partial charge in [0.1, 0.15) is 11.4 Å². The third kappa shape index (κ3) is 3.58. The van der Waals surface area contributed by atoms with Gasteiger partial charge in [-0.2, -0.15) is 0 Å². The van der Waals surface area contributed by atoms with Crippen LogP contribution in [0.15, 0.2) is 16.6 Å². The minimum absolute atomic E-state index is 0.108. The van der Waals surface area contributed by atoms with Crippen LogP contribution in [0.5, 0.6) is 5.75 Å². The molecule has 0 heterocycles. The number of amides is 1.